The Kier molecular flexibility index (Phi) is 5.12. The van der Waals surface area contributed by atoms with Gasteiger partial charge in [-0.3, -0.25) is 5.10 Å². The molecule has 3 aromatic rings. The highest BCUT2D eigenvalue weighted by atomic mass is 19.4. The molecule has 1 aromatic heterocycles. The molecule has 0 amide bonds. The van der Waals surface area contributed by atoms with Crippen LogP contribution < -0.4 is 5.32 Å². The Morgan fingerprint density at radius 2 is 1.93 bits per heavy atom. The zero-order chi connectivity index (χ0) is 19.6. The number of aromatic amines is 1. The number of ether oxygens (including phenoxy) is 1. The highest BCUT2D eigenvalue weighted by Crippen LogP contribution is 2.37. The van der Waals surface area contributed by atoms with E-state index in [1.54, 1.807) is 12.3 Å². The van der Waals surface area contributed by atoms with Crippen molar-refractivity contribution >= 4 is 10.9 Å². The number of hydrogen-bond donors (Lipinski definition) is 2. The van der Waals surface area contributed by atoms with Gasteiger partial charge in [-0.15, -0.1) is 0 Å². The van der Waals surface area contributed by atoms with Gasteiger partial charge < -0.3 is 10.1 Å². The van der Waals surface area contributed by atoms with E-state index in [1.165, 1.54) is 12.1 Å². The summed E-state index contributed by atoms with van der Waals surface area (Å²) in [5, 5.41) is 11.5. The second kappa shape index (κ2) is 7.56. The van der Waals surface area contributed by atoms with Crippen LogP contribution in [0.3, 0.4) is 0 Å². The first-order valence-electron chi connectivity index (χ1n) is 9.35. The zero-order valence-electron chi connectivity index (χ0n) is 15.4. The quantitative estimate of drug-likeness (QED) is 0.679. The topological polar surface area (TPSA) is 49.9 Å². The van der Waals surface area contributed by atoms with Crippen LogP contribution in [-0.2, 0) is 22.9 Å². The van der Waals surface area contributed by atoms with Crippen LogP contribution in [0.5, 0.6) is 0 Å². The first-order chi connectivity index (χ1) is 13.5. The number of halogens is 3. The van der Waals surface area contributed by atoms with E-state index in [0.717, 1.165) is 28.1 Å². The van der Waals surface area contributed by atoms with Crippen molar-refractivity contribution in [1.29, 1.82) is 0 Å². The Morgan fingerprint density at radius 3 is 2.71 bits per heavy atom. The molecule has 2 N–H and O–H groups in total. The minimum Gasteiger partial charge on any atom is -0.381 e. The highest BCUT2D eigenvalue weighted by molar-refractivity contribution is 5.78. The molecule has 2 heterocycles. The summed E-state index contributed by atoms with van der Waals surface area (Å²) in [5.41, 5.74) is 1.83. The molecule has 0 radical (unpaired) electrons. The molecule has 1 aliphatic heterocycles. The molecule has 4 nitrogen and oxygen atoms in total. The molecule has 0 spiro atoms. The second-order valence-corrected chi connectivity index (χ2v) is 7.37. The number of alkyl halides is 3. The summed E-state index contributed by atoms with van der Waals surface area (Å²) >= 11 is 0. The van der Waals surface area contributed by atoms with E-state index in [0.29, 0.717) is 39.1 Å². The third kappa shape index (κ3) is 3.91. The van der Waals surface area contributed by atoms with Crippen LogP contribution in [0.4, 0.5) is 13.2 Å². The predicted molar refractivity (Wildman–Crippen MR) is 101 cm³/mol. The summed E-state index contributed by atoms with van der Waals surface area (Å²) in [6.07, 6.45) is -1.17. The Morgan fingerprint density at radius 1 is 1.11 bits per heavy atom. The Balaban J connectivity index is 1.52. The van der Waals surface area contributed by atoms with Gasteiger partial charge in [-0.25, -0.2) is 0 Å². The Bertz CT molecular complexity index is 945. The van der Waals surface area contributed by atoms with E-state index in [-0.39, 0.29) is 5.41 Å². The summed E-state index contributed by atoms with van der Waals surface area (Å²) in [6.45, 7) is 2.34. The molecule has 0 unspecified atom stereocenters. The number of nitrogens with one attached hydrogen (secondary N) is 2. The normalized spacial score (nSPS) is 17.1. The monoisotopic (exact) mass is 389 g/mol. The van der Waals surface area contributed by atoms with Gasteiger partial charge in [0, 0.05) is 37.1 Å². The van der Waals surface area contributed by atoms with E-state index in [2.05, 4.69) is 15.5 Å². The summed E-state index contributed by atoms with van der Waals surface area (Å²) < 4.78 is 45.0. The minimum atomic E-state index is -4.34. The van der Waals surface area contributed by atoms with Crippen LogP contribution in [0.15, 0.2) is 48.7 Å². The maximum atomic E-state index is 13.2. The van der Waals surface area contributed by atoms with Crippen molar-refractivity contribution in [3.05, 3.63) is 65.4 Å². The lowest BCUT2D eigenvalue weighted by Crippen LogP contribution is -2.42. The maximum Gasteiger partial charge on any atom is 0.416 e. The van der Waals surface area contributed by atoms with Crippen molar-refractivity contribution < 1.29 is 17.9 Å². The van der Waals surface area contributed by atoms with Crippen molar-refractivity contribution in [2.45, 2.75) is 31.0 Å². The van der Waals surface area contributed by atoms with Gasteiger partial charge in [-0.2, -0.15) is 18.3 Å². The number of hydrogen-bond acceptors (Lipinski definition) is 3. The van der Waals surface area contributed by atoms with Crippen molar-refractivity contribution in [3.63, 3.8) is 0 Å². The number of H-pyrrole nitrogens is 1. The highest BCUT2D eigenvalue weighted by Gasteiger charge is 2.37. The number of nitrogens with zero attached hydrogens (tertiary/aromatic N) is 1. The van der Waals surface area contributed by atoms with Crippen LogP contribution in [0.25, 0.3) is 10.9 Å². The maximum absolute atomic E-state index is 13.2. The largest absolute Gasteiger partial charge is 0.416 e. The van der Waals surface area contributed by atoms with E-state index in [4.69, 9.17) is 4.74 Å². The molecule has 0 saturated carbocycles. The van der Waals surface area contributed by atoms with Crippen LogP contribution in [0.2, 0.25) is 0 Å². The van der Waals surface area contributed by atoms with Gasteiger partial charge in [-0.1, -0.05) is 30.3 Å². The van der Waals surface area contributed by atoms with Crippen LogP contribution >= 0.6 is 0 Å². The van der Waals surface area contributed by atoms with Crippen molar-refractivity contribution in [2.24, 2.45) is 0 Å². The van der Waals surface area contributed by atoms with E-state index in [1.807, 2.05) is 18.2 Å². The molecule has 148 valence electrons. The van der Waals surface area contributed by atoms with Gasteiger partial charge >= 0.3 is 6.18 Å². The zero-order valence-corrected chi connectivity index (χ0v) is 15.4. The third-order valence-electron chi connectivity index (χ3n) is 5.55. The molecule has 0 atom stereocenters. The minimum absolute atomic E-state index is 0.363. The molecule has 0 aliphatic carbocycles. The molecule has 28 heavy (non-hydrogen) atoms. The molecular formula is C21H22F3N3O. The molecule has 1 saturated heterocycles. The van der Waals surface area contributed by atoms with Crippen LogP contribution in [0, 0.1) is 0 Å². The fourth-order valence-electron chi connectivity index (χ4n) is 3.90. The molecule has 4 rings (SSSR count). The second-order valence-electron chi connectivity index (χ2n) is 7.37. The molecule has 1 aliphatic rings. The summed E-state index contributed by atoms with van der Waals surface area (Å²) in [7, 11) is 0. The number of fused-ring (bicyclic) bond motifs is 1. The molecule has 0 bridgehead atoms. The van der Waals surface area contributed by atoms with Gasteiger partial charge in [-0.05, 0) is 36.1 Å². The van der Waals surface area contributed by atoms with Crippen molar-refractivity contribution in [1.82, 2.24) is 15.5 Å². The average molecular weight is 389 g/mol. The molecule has 1 fully saturated rings. The predicted octanol–water partition coefficient (Wildman–Crippen LogP) is 4.42. The van der Waals surface area contributed by atoms with Gasteiger partial charge in [0.15, 0.2) is 0 Å². The smallest absolute Gasteiger partial charge is 0.381 e. The van der Waals surface area contributed by atoms with Gasteiger partial charge in [0.25, 0.3) is 0 Å². The van der Waals surface area contributed by atoms with E-state index in [9.17, 15) is 13.2 Å². The standard InChI is InChI=1S/C21H22F3N3O/c22-21(23,24)18-3-1-2-17(11-18)20(6-8-28-9-7-20)14-25-12-15-4-5-16-13-26-27-19(16)10-15/h1-5,10-11,13,25H,6-9,12,14H2,(H,26,27). The summed E-state index contributed by atoms with van der Waals surface area (Å²) in [6, 6.07) is 11.8. The van der Waals surface area contributed by atoms with Gasteiger partial charge in [0.1, 0.15) is 0 Å². The lowest BCUT2D eigenvalue weighted by molar-refractivity contribution is -0.137. The Hall–Kier alpha value is -2.38. The Labute approximate surface area is 161 Å². The van der Waals surface area contributed by atoms with Crippen LogP contribution in [-0.4, -0.2) is 30.0 Å². The fourth-order valence-corrected chi connectivity index (χ4v) is 3.90. The molecule has 2 aromatic carbocycles. The van der Waals surface area contributed by atoms with Crippen LogP contribution in [0.1, 0.15) is 29.5 Å². The number of benzene rings is 2. The molecule has 7 heteroatoms. The van der Waals surface area contributed by atoms with Gasteiger partial charge in [0.2, 0.25) is 0 Å². The summed E-state index contributed by atoms with van der Waals surface area (Å²) in [5.74, 6) is 0. The van der Waals surface area contributed by atoms with Crippen molar-refractivity contribution in [3.8, 4) is 0 Å². The third-order valence-corrected chi connectivity index (χ3v) is 5.55. The lowest BCUT2D eigenvalue weighted by atomic mass is 9.73. The summed E-state index contributed by atoms with van der Waals surface area (Å²) in [4.78, 5) is 0. The first kappa shape index (κ1) is 19.0. The number of aromatic nitrogens is 2. The lowest BCUT2D eigenvalue weighted by Gasteiger charge is -2.38. The SMILES string of the molecule is FC(F)(F)c1cccc(C2(CNCc3ccc4cn[nH]c4c3)CCOCC2)c1. The first-order valence-corrected chi connectivity index (χ1v) is 9.35. The van der Waals surface area contributed by atoms with Gasteiger partial charge in [0.05, 0.1) is 17.3 Å². The fraction of sp³-hybridized carbons (Fsp3) is 0.381. The van der Waals surface area contributed by atoms with E-state index >= 15 is 0 Å². The average Bonchev–Trinajstić information content (AvgIpc) is 3.16. The van der Waals surface area contributed by atoms with Crippen molar-refractivity contribution in [2.75, 3.05) is 19.8 Å². The molecular weight excluding hydrogens is 367 g/mol. The number of rotatable bonds is 5. The van der Waals surface area contributed by atoms with E-state index < -0.39 is 11.7 Å².